The lowest BCUT2D eigenvalue weighted by atomic mass is 10.2. The highest BCUT2D eigenvalue weighted by molar-refractivity contribution is 5.05. The third kappa shape index (κ3) is 1.52. The van der Waals surface area contributed by atoms with Crippen LogP contribution in [0.2, 0.25) is 0 Å². The van der Waals surface area contributed by atoms with Crippen LogP contribution in [0.4, 0.5) is 0 Å². The molecule has 0 spiro atoms. The highest BCUT2D eigenvalue weighted by Crippen LogP contribution is 2.17. The fraction of sp³-hybridized carbons (Fsp3) is 0.556. The average Bonchev–Trinajstić information content (AvgIpc) is 2.58. The topological polar surface area (TPSA) is 34.4 Å². The molecule has 1 aliphatic heterocycles. The van der Waals surface area contributed by atoms with Gasteiger partial charge in [-0.3, -0.25) is 0 Å². The van der Waals surface area contributed by atoms with Gasteiger partial charge in [-0.25, -0.2) is 0 Å². The molecular formula is C9H13NO2. The molecule has 12 heavy (non-hydrogen) atoms. The van der Waals surface area contributed by atoms with Gasteiger partial charge in [0.15, 0.2) is 0 Å². The molecule has 2 heterocycles. The Kier molecular flexibility index (Phi) is 2.15. The van der Waals surface area contributed by atoms with Crippen molar-refractivity contribution in [2.45, 2.75) is 19.1 Å². The second-order valence-electron chi connectivity index (χ2n) is 3.12. The zero-order chi connectivity index (χ0) is 8.39. The zero-order valence-electron chi connectivity index (χ0n) is 7.12. The maximum Gasteiger partial charge on any atom is 0.123 e. The van der Waals surface area contributed by atoms with Crippen LogP contribution in [0.5, 0.6) is 0 Å². The highest BCUT2D eigenvalue weighted by atomic mass is 16.5. The molecule has 0 aliphatic carbocycles. The van der Waals surface area contributed by atoms with Crippen LogP contribution in [-0.2, 0) is 4.74 Å². The van der Waals surface area contributed by atoms with Gasteiger partial charge in [0.25, 0.3) is 0 Å². The predicted molar refractivity (Wildman–Crippen MR) is 44.9 cm³/mol. The summed E-state index contributed by atoms with van der Waals surface area (Å²) in [6.07, 6.45) is 2.01. The summed E-state index contributed by atoms with van der Waals surface area (Å²) in [5, 5.41) is 3.35. The fourth-order valence-electron chi connectivity index (χ4n) is 1.36. The third-order valence-corrected chi connectivity index (χ3v) is 2.09. The van der Waals surface area contributed by atoms with Gasteiger partial charge in [-0.2, -0.15) is 0 Å². The van der Waals surface area contributed by atoms with Gasteiger partial charge in [-0.15, -0.1) is 0 Å². The van der Waals surface area contributed by atoms with Crippen molar-refractivity contribution < 1.29 is 9.15 Å². The van der Waals surface area contributed by atoms with Gasteiger partial charge in [0.05, 0.1) is 25.0 Å². The Balaban J connectivity index is 1.99. The quantitative estimate of drug-likeness (QED) is 0.685. The van der Waals surface area contributed by atoms with Crippen LogP contribution in [0, 0.1) is 0 Å². The lowest BCUT2D eigenvalue weighted by molar-refractivity contribution is 0.0102. The molecule has 66 valence electrons. The van der Waals surface area contributed by atoms with E-state index in [-0.39, 0.29) is 6.04 Å². The second kappa shape index (κ2) is 3.29. The molecule has 2 unspecified atom stereocenters. The lowest BCUT2D eigenvalue weighted by Gasteiger charge is -2.26. The average molecular weight is 167 g/mol. The molecule has 0 amide bonds. The SMILES string of the molecule is CC1CNC(c2ccco2)CO1. The van der Waals surface area contributed by atoms with E-state index in [4.69, 9.17) is 9.15 Å². The molecule has 3 nitrogen and oxygen atoms in total. The molecule has 1 N–H and O–H groups in total. The Labute approximate surface area is 71.7 Å². The number of morpholine rings is 1. The van der Waals surface area contributed by atoms with E-state index in [1.165, 1.54) is 0 Å². The molecule has 1 aromatic heterocycles. The van der Waals surface area contributed by atoms with E-state index in [9.17, 15) is 0 Å². The highest BCUT2D eigenvalue weighted by Gasteiger charge is 2.20. The van der Waals surface area contributed by atoms with Crippen molar-refractivity contribution in [2.24, 2.45) is 0 Å². The van der Waals surface area contributed by atoms with E-state index in [0.717, 1.165) is 12.3 Å². The molecule has 0 saturated carbocycles. The summed E-state index contributed by atoms with van der Waals surface area (Å²) >= 11 is 0. The molecule has 0 aromatic carbocycles. The molecule has 0 radical (unpaired) electrons. The lowest BCUT2D eigenvalue weighted by Crippen LogP contribution is -2.39. The number of furan rings is 1. The Hall–Kier alpha value is -0.800. The number of hydrogen-bond acceptors (Lipinski definition) is 3. The summed E-state index contributed by atoms with van der Waals surface area (Å²) < 4.78 is 10.8. The molecule has 2 rings (SSSR count). The number of ether oxygens (including phenoxy) is 1. The van der Waals surface area contributed by atoms with Gasteiger partial charge in [0, 0.05) is 6.54 Å². The van der Waals surface area contributed by atoms with Crippen molar-refractivity contribution in [3.05, 3.63) is 24.2 Å². The van der Waals surface area contributed by atoms with Gasteiger partial charge in [-0.05, 0) is 19.1 Å². The summed E-state index contributed by atoms with van der Waals surface area (Å²) in [4.78, 5) is 0. The first-order valence-corrected chi connectivity index (χ1v) is 4.24. The van der Waals surface area contributed by atoms with Crippen LogP contribution < -0.4 is 5.32 Å². The Bertz CT molecular complexity index is 225. The van der Waals surface area contributed by atoms with E-state index in [0.29, 0.717) is 12.7 Å². The van der Waals surface area contributed by atoms with E-state index in [1.54, 1.807) is 6.26 Å². The minimum Gasteiger partial charge on any atom is -0.468 e. The Morgan fingerprint density at radius 3 is 3.08 bits per heavy atom. The molecule has 0 bridgehead atoms. The van der Waals surface area contributed by atoms with E-state index in [1.807, 2.05) is 12.1 Å². The fourth-order valence-corrected chi connectivity index (χ4v) is 1.36. The van der Waals surface area contributed by atoms with Crippen LogP contribution in [-0.4, -0.2) is 19.3 Å². The maximum absolute atomic E-state index is 5.49. The standard InChI is InChI=1S/C9H13NO2/c1-7-5-10-8(6-12-7)9-3-2-4-11-9/h2-4,7-8,10H,5-6H2,1H3. The Morgan fingerprint density at radius 2 is 2.50 bits per heavy atom. The van der Waals surface area contributed by atoms with Crippen LogP contribution in [0.25, 0.3) is 0 Å². The summed E-state index contributed by atoms with van der Waals surface area (Å²) in [5.74, 6) is 0.960. The summed E-state index contributed by atoms with van der Waals surface area (Å²) in [7, 11) is 0. The molecular weight excluding hydrogens is 154 g/mol. The zero-order valence-corrected chi connectivity index (χ0v) is 7.12. The van der Waals surface area contributed by atoms with Crippen LogP contribution >= 0.6 is 0 Å². The second-order valence-corrected chi connectivity index (χ2v) is 3.12. The smallest absolute Gasteiger partial charge is 0.123 e. The number of nitrogens with one attached hydrogen (secondary N) is 1. The first-order chi connectivity index (χ1) is 5.86. The van der Waals surface area contributed by atoms with Gasteiger partial charge in [0.1, 0.15) is 5.76 Å². The maximum atomic E-state index is 5.49. The molecule has 1 fully saturated rings. The van der Waals surface area contributed by atoms with Crippen molar-refractivity contribution in [2.75, 3.05) is 13.2 Å². The largest absolute Gasteiger partial charge is 0.468 e. The minimum atomic E-state index is 0.233. The summed E-state index contributed by atoms with van der Waals surface area (Å²) in [6.45, 7) is 3.66. The van der Waals surface area contributed by atoms with Gasteiger partial charge in [0.2, 0.25) is 0 Å². The van der Waals surface area contributed by atoms with Crippen molar-refractivity contribution in [1.29, 1.82) is 0 Å². The van der Waals surface area contributed by atoms with Gasteiger partial charge < -0.3 is 14.5 Å². The first-order valence-electron chi connectivity index (χ1n) is 4.24. The third-order valence-electron chi connectivity index (χ3n) is 2.09. The van der Waals surface area contributed by atoms with Crippen molar-refractivity contribution >= 4 is 0 Å². The van der Waals surface area contributed by atoms with Gasteiger partial charge >= 0.3 is 0 Å². The van der Waals surface area contributed by atoms with Gasteiger partial charge in [-0.1, -0.05) is 0 Å². The summed E-state index contributed by atoms with van der Waals surface area (Å²) in [5.41, 5.74) is 0. The molecule has 1 aliphatic rings. The van der Waals surface area contributed by atoms with Crippen molar-refractivity contribution in [3.8, 4) is 0 Å². The van der Waals surface area contributed by atoms with E-state index >= 15 is 0 Å². The normalized spacial score (nSPS) is 30.4. The minimum absolute atomic E-state index is 0.233. The van der Waals surface area contributed by atoms with Crippen LogP contribution in [0.3, 0.4) is 0 Å². The van der Waals surface area contributed by atoms with Crippen LogP contribution in [0.15, 0.2) is 22.8 Å². The van der Waals surface area contributed by atoms with E-state index in [2.05, 4.69) is 12.2 Å². The Morgan fingerprint density at radius 1 is 1.58 bits per heavy atom. The molecule has 1 saturated heterocycles. The monoisotopic (exact) mass is 167 g/mol. The first kappa shape index (κ1) is 7.83. The molecule has 3 heteroatoms. The van der Waals surface area contributed by atoms with Crippen molar-refractivity contribution in [3.63, 3.8) is 0 Å². The predicted octanol–water partition coefficient (Wildman–Crippen LogP) is 1.33. The van der Waals surface area contributed by atoms with Crippen LogP contribution in [0.1, 0.15) is 18.7 Å². The number of hydrogen-bond donors (Lipinski definition) is 1. The number of rotatable bonds is 1. The van der Waals surface area contributed by atoms with Crippen molar-refractivity contribution in [1.82, 2.24) is 5.32 Å². The molecule has 1 aromatic rings. The molecule has 2 atom stereocenters. The summed E-state index contributed by atoms with van der Waals surface area (Å²) in [6, 6.07) is 4.10. The van der Waals surface area contributed by atoms with E-state index < -0.39 is 0 Å².